The minimum Gasteiger partial charge on any atom is -0.451 e. The van der Waals surface area contributed by atoms with Crippen LogP contribution in [0.15, 0.2) is 36.4 Å². The van der Waals surface area contributed by atoms with Gasteiger partial charge in [0.05, 0.1) is 0 Å². The zero-order valence-electron chi connectivity index (χ0n) is 13.7. The van der Waals surface area contributed by atoms with E-state index >= 15 is 0 Å². The second-order valence-corrected chi connectivity index (χ2v) is 6.59. The Balaban J connectivity index is 1.89. The number of halogens is 1. The van der Waals surface area contributed by atoms with Crippen molar-refractivity contribution in [2.75, 3.05) is 6.61 Å². The lowest BCUT2D eigenvalue weighted by molar-refractivity contribution is -0.124. The number of carbonyl (C=O) groups is 2. The molecule has 1 N–H and O–H groups in total. The van der Waals surface area contributed by atoms with Gasteiger partial charge in [-0.2, -0.15) is 0 Å². The summed E-state index contributed by atoms with van der Waals surface area (Å²) in [4.78, 5) is 25.0. The fourth-order valence-electron chi connectivity index (χ4n) is 2.24. The quantitative estimate of drug-likeness (QED) is 0.768. The Bertz CT molecular complexity index is 697. The van der Waals surface area contributed by atoms with Gasteiger partial charge in [-0.1, -0.05) is 25.5 Å². The van der Waals surface area contributed by atoms with Crippen molar-refractivity contribution >= 4 is 23.2 Å². The van der Waals surface area contributed by atoms with Crippen LogP contribution >= 0.6 is 11.3 Å². The molecule has 2 rings (SSSR count). The molecule has 1 heterocycles. The molecular weight excluding hydrogens is 329 g/mol. The van der Waals surface area contributed by atoms with Crippen molar-refractivity contribution in [3.63, 3.8) is 0 Å². The minimum absolute atomic E-state index is 0.0630. The Hall–Kier alpha value is -2.21. The number of hydrogen-bond acceptors (Lipinski definition) is 4. The van der Waals surface area contributed by atoms with Crippen LogP contribution in [0, 0.1) is 5.82 Å². The normalized spacial score (nSPS) is 11.8. The summed E-state index contributed by atoms with van der Waals surface area (Å²) in [6, 6.07) is 9.52. The molecule has 0 saturated heterocycles. The maximum absolute atomic E-state index is 12.9. The third-order valence-electron chi connectivity index (χ3n) is 3.40. The Kier molecular flexibility index (Phi) is 6.49. The van der Waals surface area contributed by atoms with Crippen molar-refractivity contribution < 1.29 is 18.7 Å². The van der Waals surface area contributed by atoms with Crippen LogP contribution in [0.3, 0.4) is 0 Å². The first-order chi connectivity index (χ1) is 11.5. The summed E-state index contributed by atoms with van der Waals surface area (Å²) in [5, 5.41) is 2.78. The maximum atomic E-state index is 12.9. The van der Waals surface area contributed by atoms with E-state index < -0.39 is 5.97 Å². The fraction of sp³-hybridized carbons (Fsp3) is 0.333. The molecule has 6 heteroatoms. The summed E-state index contributed by atoms with van der Waals surface area (Å²) in [5.41, 5.74) is 0.826. The third kappa shape index (κ3) is 5.16. The Morgan fingerprint density at radius 1 is 1.21 bits per heavy atom. The lowest BCUT2D eigenvalue weighted by Gasteiger charge is -2.12. The van der Waals surface area contributed by atoms with Crippen molar-refractivity contribution in [2.24, 2.45) is 0 Å². The van der Waals surface area contributed by atoms with Crippen molar-refractivity contribution in [1.82, 2.24) is 5.32 Å². The van der Waals surface area contributed by atoms with E-state index in [1.807, 2.05) is 13.8 Å². The average Bonchev–Trinajstić information content (AvgIpc) is 3.03. The molecular formula is C18H20FNO3S. The summed E-state index contributed by atoms with van der Waals surface area (Å²) >= 11 is 1.24. The molecule has 0 radical (unpaired) electrons. The molecule has 1 amide bonds. The van der Waals surface area contributed by atoms with Crippen LogP contribution in [0.1, 0.15) is 36.4 Å². The summed E-state index contributed by atoms with van der Waals surface area (Å²) in [6.07, 6.45) is 1.86. The van der Waals surface area contributed by atoms with E-state index in [-0.39, 0.29) is 24.4 Å². The summed E-state index contributed by atoms with van der Waals surface area (Å²) in [5.74, 6) is -1.15. The number of ether oxygens (including phenoxy) is 1. The Morgan fingerprint density at radius 3 is 2.58 bits per heavy atom. The van der Waals surface area contributed by atoms with E-state index in [2.05, 4.69) is 5.32 Å². The zero-order valence-corrected chi connectivity index (χ0v) is 14.5. The highest BCUT2D eigenvalue weighted by atomic mass is 32.1. The first-order valence-electron chi connectivity index (χ1n) is 7.82. The van der Waals surface area contributed by atoms with Crippen molar-refractivity contribution in [1.29, 1.82) is 0 Å². The highest BCUT2D eigenvalue weighted by Gasteiger charge is 2.14. The highest BCUT2D eigenvalue weighted by molar-refractivity contribution is 7.17. The molecule has 0 aliphatic heterocycles. The number of rotatable bonds is 7. The molecule has 1 atom stereocenters. The number of amides is 1. The monoisotopic (exact) mass is 349 g/mol. The number of benzene rings is 1. The van der Waals surface area contributed by atoms with Crippen LogP contribution in [-0.4, -0.2) is 24.5 Å². The molecule has 1 aromatic carbocycles. The molecule has 0 spiro atoms. The van der Waals surface area contributed by atoms with Gasteiger partial charge in [-0.05, 0) is 43.2 Å². The van der Waals surface area contributed by atoms with Gasteiger partial charge in [0, 0.05) is 10.9 Å². The third-order valence-corrected chi connectivity index (χ3v) is 4.51. The number of esters is 1. The van der Waals surface area contributed by atoms with Crippen LogP contribution in [-0.2, 0) is 9.53 Å². The van der Waals surface area contributed by atoms with Crippen molar-refractivity contribution in [3.05, 3.63) is 47.1 Å². The number of carbonyl (C=O) groups excluding carboxylic acids is 2. The summed E-state index contributed by atoms with van der Waals surface area (Å²) in [6.45, 7) is 3.66. The second-order valence-electron chi connectivity index (χ2n) is 5.50. The minimum atomic E-state index is -0.536. The van der Waals surface area contributed by atoms with Gasteiger partial charge in [-0.15, -0.1) is 11.3 Å². The Labute approximate surface area is 144 Å². The number of thiophene rings is 1. The van der Waals surface area contributed by atoms with Gasteiger partial charge in [0.25, 0.3) is 5.91 Å². The molecule has 0 saturated carbocycles. The first-order valence-corrected chi connectivity index (χ1v) is 8.63. The largest absolute Gasteiger partial charge is 0.451 e. The second kappa shape index (κ2) is 8.59. The van der Waals surface area contributed by atoms with E-state index in [1.54, 1.807) is 24.3 Å². The van der Waals surface area contributed by atoms with Crippen LogP contribution < -0.4 is 5.32 Å². The van der Waals surface area contributed by atoms with E-state index in [4.69, 9.17) is 4.74 Å². The van der Waals surface area contributed by atoms with E-state index in [0.717, 1.165) is 23.3 Å². The summed E-state index contributed by atoms with van der Waals surface area (Å²) < 4.78 is 18.0. The molecule has 2 aromatic rings. The molecule has 1 aromatic heterocycles. The first kappa shape index (κ1) is 18.1. The molecule has 0 aliphatic carbocycles. The SMILES string of the molecule is CCCC(C)NC(=O)COC(=O)c1ccc(-c2ccc(F)cc2)s1. The summed E-state index contributed by atoms with van der Waals surface area (Å²) in [7, 11) is 0. The van der Waals surface area contributed by atoms with Gasteiger partial charge in [-0.25, -0.2) is 9.18 Å². The molecule has 0 fully saturated rings. The topological polar surface area (TPSA) is 55.4 Å². The van der Waals surface area contributed by atoms with Crippen LogP contribution in [0.25, 0.3) is 10.4 Å². The number of hydrogen-bond donors (Lipinski definition) is 1. The smallest absolute Gasteiger partial charge is 0.348 e. The van der Waals surface area contributed by atoms with Gasteiger partial charge in [-0.3, -0.25) is 4.79 Å². The molecule has 24 heavy (non-hydrogen) atoms. The zero-order chi connectivity index (χ0) is 17.5. The van der Waals surface area contributed by atoms with Gasteiger partial charge >= 0.3 is 5.97 Å². The van der Waals surface area contributed by atoms with Gasteiger partial charge in [0.2, 0.25) is 0 Å². The highest BCUT2D eigenvalue weighted by Crippen LogP contribution is 2.28. The van der Waals surface area contributed by atoms with E-state index in [0.29, 0.717) is 4.88 Å². The molecule has 1 unspecified atom stereocenters. The van der Waals surface area contributed by atoms with Gasteiger partial charge in [0.1, 0.15) is 10.7 Å². The van der Waals surface area contributed by atoms with Crippen molar-refractivity contribution in [3.8, 4) is 10.4 Å². The van der Waals surface area contributed by atoms with Gasteiger partial charge in [0.15, 0.2) is 6.61 Å². The van der Waals surface area contributed by atoms with E-state index in [1.165, 1.54) is 23.5 Å². The van der Waals surface area contributed by atoms with Gasteiger partial charge < -0.3 is 10.1 Å². The molecule has 128 valence electrons. The lowest BCUT2D eigenvalue weighted by Crippen LogP contribution is -2.35. The number of nitrogens with one attached hydrogen (secondary N) is 1. The predicted octanol–water partition coefficient (Wildman–Crippen LogP) is 4.02. The average molecular weight is 349 g/mol. The standard InChI is InChI=1S/C18H20FNO3S/c1-3-4-12(2)20-17(21)11-23-18(22)16-10-9-15(24-16)13-5-7-14(19)8-6-13/h5-10,12H,3-4,11H2,1-2H3,(H,20,21). The molecule has 0 aliphatic rings. The maximum Gasteiger partial charge on any atom is 0.348 e. The Morgan fingerprint density at radius 2 is 1.92 bits per heavy atom. The van der Waals surface area contributed by atoms with E-state index in [9.17, 15) is 14.0 Å². The molecule has 4 nitrogen and oxygen atoms in total. The van der Waals surface area contributed by atoms with Crippen LogP contribution in [0.5, 0.6) is 0 Å². The van der Waals surface area contributed by atoms with Crippen LogP contribution in [0.2, 0.25) is 0 Å². The predicted molar refractivity (Wildman–Crippen MR) is 92.5 cm³/mol. The van der Waals surface area contributed by atoms with Crippen molar-refractivity contribution in [2.45, 2.75) is 32.7 Å². The lowest BCUT2D eigenvalue weighted by atomic mass is 10.2. The van der Waals surface area contributed by atoms with Crippen LogP contribution in [0.4, 0.5) is 4.39 Å². The molecule has 0 bridgehead atoms. The fourth-order valence-corrected chi connectivity index (χ4v) is 3.15.